The fourth-order valence-corrected chi connectivity index (χ4v) is 3.03. The molecule has 0 saturated carbocycles. The number of thioether (sulfide) groups is 1. The standard InChI is InChI=1S/C17H15N5OS/c1-24-17-8-12(19-10-20-17)7-15-21-16(23-22-15)6-11-9-18-14-5-3-2-4-13(11)14/h2-5,8-10,18H,6-7H2,1H3. The van der Waals surface area contributed by atoms with Gasteiger partial charge in [-0.05, 0) is 24.0 Å². The van der Waals surface area contributed by atoms with E-state index in [2.05, 4.69) is 37.2 Å². The van der Waals surface area contributed by atoms with Gasteiger partial charge >= 0.3 is 0 Å². The molecule has 7 heteroatoms. The van der Waals surface area contributed by atoms with Gasteiger partial charge in [0.25, 0.3) is 0 Å². The number of nitrogens with zero attached hydrogens (tertiary/aromatic N) is 4. The zero-order chi connectivity index (χ0) is 16.4. The Labute approximate surface area is 142 Å². The normalized spacial score (nSPS) is 11.2. The van der Waals surface area contributed by atoms with Crippen LogP contribution >= 0.6 is 11.8 Å². The molecule has 0 radical (unpaired) electrons. The summed E-state index contributed by atoms with van der Waals surface area (Å²) in [7, 11) is 0. The Bertz CT molecular complexity index is 978. The molecule has 1 N–H and O–H groups in total. The maximum Gasteiger partial charge on any atom is 0.231 e. The Morgan fingerprint density at radius 2 is 2.08 bits per heavy atom. The number of benzene rings is 1. The molecule has 0 atom stereocenters. The molecular weight excluding hydrogens is 322 g/mol. The van der Waals surface area contributed by atoms with E-state index in [0.29, 0.717) is 24.6 Å². The molecule has 0 saturated heterocycles. The second kappa shape index (κ2) is 6.45. The van der Waals surface area contributed by atoms with Crippen molar-refractivity contribution in [2.75, 3.05) is 6.26 Å². The first-order chi connectivity index (χ1) is 11.8. The van der Waals surface area contributed by atoms with Gasteiger partial charge in [-0.3, -0.25) is 0 Å². The van der Waals surface area contributed by atoms with Gasteiger partial charge in [-0.15, -0.1) is 11.8 Å². The third-order valence-corrected chi connectivity index (χ3v) is 4.42. The van der Waals surface area contributed by atoms with E-state index in [-0.39, 0.29) is 0 Å². The second-order valence-corrected chi connectivity index (χ2v) is 6.20. The Hall–Kier alpha value is -2.67. The third-order valence-electron chi connectivity index (χ3n) is 3.77. The van der Waals surface area contributed by atoms with Gasteiger partial charge in [0.05, 0.1) is 23.6 Å². The minimum atomic E-state index is 0.535. The van der Waals surface area contributed by atoms with Crippen LogP contribution < -0.4 is 0 Å². The van der Waals surface area contributed by atoms with Gasteiger partial charge in [0.15, 0.2) is 5.82 Å². The van der Waals surface area contributed by atoms with Gasteiger partial charge in [0.2, 0.25) is 5.89 Å². The molecule has 1 aromatic carbocycles. The van der Waals surface area contributed by atoms with Gasteiger partial charge in [-0.1, -0.05) is 23.4 Å². The molecule has 0 aliphatic carbocycles. The van der Waals surface area contributed by atoms with E-state index in [4.69, 9.17) is 4.52 Å². The summed E-state index contributed by atoms with van der Waals surface area (Å²) < 4.78 is 5.39. The Kier molecular flexibility index (Phi) is 4.00. The summed E-state index contributed by atoms with van der Waals surface area (Å²) in [5.41, 5.74) is 3.14. The molecule has 4 rings (SSSR count). The molecule has 0 spiro atoms. The van der Waals surface area contributed by atoms with Crippen LogP contribution in [0.4, 0.5) is 0 Å². The van der Waals surface area contributed by atoms with Crippen molar-refractivity contribution in [3.05, 3.63) is 65.8 Å². The summed E-state index contributed by atoms with van der Waals surface area (Å²) in [6.45, 7) is 0. The highest BCUT2D eigenvalue weighted by Crippen LogP contribution is 2.20. The van der Waals surface area contributed by atoms with E-state index in [9.17, 15) is 0 Å². The minimum Gasteiger partial charge on any atom is -0.361 e. The lowest BCUT2D eigenvalue weighted by Crippen LogP contribution is -1.96. The highest BCUT2D eigenvalue weighted by atomic mass is 32.2. The number of fused-ring (bicyclic) bond motifs is 1. The van der Waals surface area contributed by atoms with Crippen LogP contribution in [-0.4, -0.2) is 31.3 Å². The van der Waals surface area contributed by atoms with E-state index in [0.717, 1.165) is 21.8 Å². The van der Waals surface area contributed by atoms with Gasteiger partial charge in [-0.25, -0.2) is 9.97 Å². The van der Waals surface area contributed by atoms with Crippen LogP contribution in [0.25, 0.3) is 10.9 Å². The van der Waals surface area contributed by atoms with Gasteiger partial charge in [-0.2, -0.15) is 4.98 Å². The average molecular weight is 337 g/mol. The Balaban J connectivity index is 1.52. The van der Waals surface area contributed by atoms with E-state index >= 15 is 0 Å². The number of aromatic amines is 1. The lowest BCUT2D eigenvalue weighted by atomic mass is 10.1. The second-order valence-electron chi connectivity index (χ2n) is 5.37. The quantitative estimate of drug-likeness (QED) is 0.445. The summed E-state index contributed by atoms with van der Waals surface area (Å²) in [4.78, 5) is 16.2. The maximum atomic E-state index is 5.39. The Morgan fingerprint density at radius 1 is 1.17 bits per heavy atom. The molecule has 6 nitrogen and oxygen atoms in total. The van der Waals surface area contributed by atoms with Crippen LogP contribution in [0.3, 0.4) is 0 Å². The van der Waals surface area contributed by atoms with Crippen molar-refractivity contribution in [1.29, 1.82) is 0 Å². The molecule has 3 aromatic heterocycles. The monoisotopic (exact) mass is 337 g/mol. The fourth-order valence-electron chi connectivity index (χ4n) is 2.62. The van der Waals surface area contributed by atoms with Crippen molar-refractivity contribution in [2.45, 2.75) is 17.9 Å². The number of hydrogen-bond donors (Lipinski definition) is 1. The van der Waals surface area contributed by atoms with Crippen LogP contribution in [-0.2, 0) is 12.8 Å². The van der Waals surface area contributed by atoms with Crippen molar-refractivity contribution < 1.29 is 4.52 Å². The van der Waals surface area contributed by atoms with E-state index in [1.807, 2.05) is 30.7 Å². The van der Waals surface area contributed by atoms with E-state index in [1.54, 1.807) is 18.1 Å². The fraction of sp³-hybridized carbons (Fsp3) is 0.176. The molecule has 3 heterocycles. The molecule has 0 fully saturated rings. The topological polar surface area (TPSA) is 80.5 Å². The average Bonchev–Trinajstić information content (AvgIpc) is 3.23. The number of para-hydroxylation sites is 1. The molecule has 0 aliphatic heterocycles. The third kappa shape index (κ3) is 3.03. The molecule has 24 heavy (non-hydrogen) atoms. The highest BCUT2D eigenvalue weighted by molar-refractivity contribution is 7.98. The number of nitrogens with one attached hydrogen (secondary N) is 1. The van der Waals surface area contributed by atoms with Crippen molar-refractivity contribution >= 4 is 22.7 Å². The largest absolute Gasteiger partial charge is 0.361 e. The predicted molar refractivity (Wildman–Crippen MR) is 92.0 cm³/mol. The van der Waals surface area contributed by atoms with Gasteiger partial charge < -0.3 is 9.51 Å². The smallest absolute Gasteiger partial charge is 0.231 e. The van der Waals surface area contributed by atoms with Gasteiger partial charge in [0.1, 0.15) is 6.33 Å². The summed E-state index contributed by atoms with van der Waals surface area (Å²) in [5, 5.41) is 6.18. The van der Waals surface area contributed by atoms with E-state index < -0.39 is 0 Å². The van der Waals surface area contributed by atoms with Crippen molar-refractivity contribution in [1.82, 2.24) is 25.1 Å². The van der Waals surface area contributed by atoms with Crippen molar-refractivity contribution in [2.24, 2.45) is 0 Å². The highest BCUT2D eigenvalue weighted by Gasteiger charge is 2.11. The van der Waals surface area contributed by atoms with Crippen molar-refractivity contribution in [3.63, 3.8) is 0 Å². The lowest BCUT2D eigenvalue weighted by molar-refractivity contribution is 0.380. The Morgan fingerprint density at radius 3 is 3.00 bits per heavy atom. The molecule has 4 aromatic rings. The minimum absolute atomic E-state index is 0.535. The summed E-state index contributed by atoms with van der Waals surface area (Å²) in [6, 6.07) is 10.1. The zero-order valence-corrected chi connectivity index (χ0v) is 13.9. The van der Waals surface area contributed by atoms with Crippen molar-refractivity contribution in [3.8, 4) is 0 Å². The molecule has 0 unspecified atom stereocenters. The number of H-pyrrole nitrogens is 1. The number of hydrogen-bond acceptors (Lipinski definition) is 6. The molecular formula is C17H15N5OS. The zero-order valence-electron chi connectivity index (χ0n) is 13.1. The maximum absolute atomic E-state index is 5.39. The van der Waals surface area contributed by atoms with Crippen LogP contribution in [0.2, 0.25) is 0 Å². The van der Waals surface area contributed by atoms with Crippen LogP contribution in [0, 0.1) is 0 Å². The molecule has 0 aliphatic rings. The number of aromatic nitrogens is 5. The lowest BCUT2D eigenvalue weighted by Gasteiger charge is -1.98. The molecule has 0 bridgehead atoms. The summed E-state index contributed by atoms with van der Waals surface area (Å²) in [5.74, 6) is 1.24. The molecule has 0 amide bonds. The van der Waals surface area contributed by atoms with Gasteiger partial charge in [0, 0.05) is 17.1 Å². The first-order valence-corrected chi connectivity index (χ1v) is 8.75. The van der Waals surface area contributed by atoms with Crippen LogP contribution in [0.5, 0.6) is 0 Å². The first-order valence-electron chi connectivity index (χ1n) is 7.53. The molecule has 120 valence electrons. The van der Waals surface area contributed by atoms with Crippen LogP contribution in [0.15, 0.2) is 52.4 Å². The first kappa shape index (κ1) is 14.9. The summed E-state index contributed by atoms with van der Waals surface area (Å²) >= 11 is 1.58. The predicted octanol–water partition coefficient (Wildman–Crippen LogP) is 3.24. The SMILES string of the molecule is CSc1cc(Cc2noc(Cc3c[nH]c4ccccc34)n2)ncn1. The van der Waals surface area contributed by atoms with Crippen LogP contribution in [0.1, 0.15) is 23.0 Å². The number of rotatable bonds is 5. The summed E-state index contributed by atoms with van der Waals surface area (Å²) in [6.07, 6.45) is 6.68. The van der Waals surface area contributed by atoms with E-state index in [1.165, 1.54) is 5.39 Å².